The summed E-state index contributed by atoms with van der Waals surface area (Å²) in [5, 5.41) is 25.3. The molecule has 0 fully saturated rings. The number of ether oxygens (including phenoxy) is 3. The van der Waals surface area contributed by atoms with Gasteiger partial charge in [0.2, 0.25) is 5.91 Å². The first-order valence-electron chi connectivity index (χ1n) is 14.6. The molecule has 3 aromatic carbocycles. The number of hydrogen-bond donors (Lipinski definition) is 3. The number of carbonyl (C=O) groups is 3. The van der Waals surface area contributed by atoms with Crippen molar-refractivity contribution in [2.45, 2.75) is 30.7 Å². The van der Waals surface area contributed by atoms with Gasteiger partial charge in [0.25, 0.3) is 5.91 Å². The van der Waals surface area contributed by atoms with Crippen molar-refractivity contribution in [2.75, 3.05) is 27.4 Å². The second-order valence-electron chi connectivity index (χ2n) is 11.1. The lowest BCUT2D eigenvalue weighted by molar-refractivity contribution is -0.118. The van der Waals surface area contributed by atoms with Crippen LogP contribution in [0.25, 0.3) is 11.0 Å². The molecule has 6 rings (SSSR count). The van der Waals surface area contributed by atoms with Crippen molar-refractivity contribution in [1.82, 2.24) is 10.2 Å². The molecule has 4 aromatic rings. The Hall–Kier alpha value is -4.55. The van der Waals surface area contributed by atoms with Crippen molar-refractivity contribution in [1.29, 1.82) is 0 Å². The molecule has 1 aliphatic carbocycles. The molecule has 0 saturated heterocycles. The molecule has 2 heterocycles. The van der Waals surface area contributed by atoms with Crippen molar-refractivity contribution in [3.8, 4) is 17.2 Å². The fraction of sp³-hybridized carbons (Fsp3) is 0.265. The number of halogens is 2. The van der Waals surface area contributed by atoms with E-state index < -0.39 is 36.0 Å². The number of methoxy groups -OCH3 is 2. The topological polar surface area (TPSA) is 148 Å². The van der Waals surface area contributed by atoms with E-state index in [-0.39, 0.29) is 53.1 Å². The number of carbonyl (C=O) groups excluding carboxylic acids is 3. The Morgan fingerprint density at radius 3 is 2.53 bits per heavy atom. The Balaban J connectivity index is 1.49. The number of nitrogens with zero attached hydrogens (tertiary/aromatic N) is 1. The van der Waals surface area contributed by atoms with Gasteiger partial charge in [-0.15, -0.1) is 0 Å². The van der Waals surface area contributed by atoms with Gasteiger partial charge in [-0.1, -0.05) is 41.4 Å². The summed E-state index contributed by atoms with van der Waals surface area (Å²) in [6.07, 6.45) is -0.286. The predicted molar refractivity (Wildman–Crippen MR) is 173 cm³/mol. The Morgan fingerprint density at radius 2 is 1.83 bits per heavy atom. The summed E-state index contributed by atoms with van der Waals surface area (Å²) in [5.41, 5.74) is 1.87. The number of aliphatic hydroxyl groups excluding tert-OH is 2. The number of para-hydroxylation sites is 1. The lowest BCUT2D eigenvalue weighted by Gasteiger charge is -2.40. The first kappa shape index (κ1) is 32.4. The predicted octanol–water partition coefficient (Wildman–Crippen LogP) is 4.53. The van der Waals surface area contributed by atoms with Gasteiger partial charge in [0.1, 0.15) is 18.5 Å². The molecule has 1 aromatic heterocycles. The van der Waals surface area contributed by atoms with E-state index >= 15 is 0 Å². The van der Waals surface area contributed by atoms with Gasteiger partial charge < -0.3 is 39.1 Å². The number of hydrogen-bond acceptors (Lipinski definition) is 9. The number of benzene rings is 3. The van der Waals surface area contributed by atoms with Crippen LogP contribution in [0.4, 0.5) is 0 Å². The number of amides is 2. The van der Waals surface area contributed by atoms with Crippen LogP contribution in [-0.4, -0.2) is 78.8 Å². The summed E-state index contributed by atoms with van der Waals surface area (Å²) in [6, 6.07) is 13.7. The van der Waals surface area contributed by atoms with Crippen LogP contribution in [-0.2, 0) is 11.3 Å². The minimum absolute atomic E-state index is 0.0357. The normalized spacial score (nSPS) is 19.7. The third-order valence-corrected chi connectivity index (χ3v) is 9.05. The number of rotatable bonds is 10. The van der Waals surface area contributed by atoms with Crippen molar-refractivity contribution in [2.24, 2.45) is 0 Å². The molecular weight excluding hydrogens is 651 g/mol. The average molecular weight is 682 g/mol. The molecule has 3 N–H and O–H groups in total. The molecule has 0 saturated carbocycles. The van der Waals surface area contributed by atoms with Crippen LogP contribution in [0.3, 0.4) is 0 Å². The minimum Gasteiger partial charge on any atom is -0.493 e. The molecular formula is C34H30Cl2N2O9. The van der Waals surface area contributed by atoms with Crippen molar-refractivity contribution >= 4 is 52.3 Å². The molecule has 0 unspecified atom stereocenters. The maximum atomic E-state index is 14.4. The summed E-state index contributed by atoms with van der Waals surface area (Å²) in [6.45, 7) is -0.428. The molecule has 244 valence electrons. The van der Waals surface area contributed by atoms with Crippen molar-refractivity contribution in [3.63, 3.8) is 0 Å². The number of furan rings is 1. The van der Waals surface area contributed by atoms with Crippen LogP contribution in [0, 0.1) is 0 Å². The summed E-state index contributed by atoms with van der Waals surface area (Å²) < 4.78 is 23.2. The molecule has 2 aliphatic rings. The molecule has 0 spiro atoms. The lowest BCUT2D eigenvalue weighted by atomic mass is 9.77. The van der Waals surface area contributed by atoms with Gasteiger partial charge in [-0.05, 0) is 48.0 Å². The second kappa shape index (κ2) is 13.3. The summed E-state index contributed by atoms with van der Waals surface area (Å²) in [5.74, 6) is -1.07. The molecule has 4 atom stereocenters. The highest BCUT2D eigenvalue weighted by molar-refractivity contribution is 6.42. The van der Waals surface area contributed by atoms with E-state index in [4.69, 9.17) is 41.8 Å². The fourth-order valence-electron chi connectivity index (χ4n) is 6.15. The van der Waals surface area contributed by atoms with Crippen molar-refractivity contribution in [3.05, 3.63) is 98.7 Å². The highest BCUT2D eigenvalue weighted by atomic mass is 35.5. The largest absolute Gasteiger partial charge is 0.493 e. The summed E-state index contributed by atoms with van der Waals surface area (Å²) in [4.78, 5) is 41.2. The maximum absolute atomic E-state index is 14.4. The Kier molecular flexibility index (Phi) is 9.16. The highest BCUT2D eigenvalue weighted by Crippen LogP contribution is 2.51. The Morgan fingerprint density at radius 1 is 1.04 bits per heavy atom. The van der Waals surface area contributed by atoms with E-state index in [0.717, 1.165) is 0 Å². The number of aliphatic hydroxyl groups is 2. The number of aldehydes is 1. The summed E-state index contributed by atoms with van der Waals surface area (Å²) >= 11 is 12.5. The van der Waals surface area contributed by atoms with E-state index in [9.17, 15) is 24.6 Å². The first-order valence-corrected chi connectivity index (χ1v) is 15.4. The standard InChI is InChI=1S/C34H30Cl2N2O9/c1-44-25-5-3-4-19-13-27(46-30(19)25)34(43)38(15-17-6-7-22(35)23(36)11-17)24-14-21(33(42)37-8-9-39)28-20-10-18(16-40)12-26(45-2)31(20)47-32(28)29(24)41/h3-7,10-14,16,24,28-29,32,39,41H,8-9,15H2,1-2H3,(H,37,42)/t24-,28+,29+,32+/m1/s1. The van der Waals surface area contributed by atoms with Gasteiger partial charge in [-0.2, -0.15) is 0 Å². The fourth-order valence-corrected chi connectivity index (χ4v) is 6.47. The quantitative estimate of drug-likeness (QED) is 0.205. The zero-order chi connectivity index (χ0) is 33.4. The van der Waals surface area contributed by atoms with E-state index in [0.29, 0.717) is 39.2 Å². The zero-order valence-electron chi connectivity index (χ0n) is 25.2. The second-order valence-corrected chi connectivity index (χ2v) is 11.9. The average Bonchev–Trinajstić information content (AvgIpc) is 3.70. The van der Waals surface area contributed by atoms with Crippen LogP contribution in [0.5, 0.6) is 17.2 Å². The van der Waals surface area contributed by atoms with Crippen LogP contribution in [0.15, 0.2) is 70.7 Å². The molecule has 13 heteroatoms. The molecule has 0 bridgehead atoms. The highest BCUT2D eigenvalue weighted by Gasteiger charge is 2.51. The SMILES string of the molecule is COc1cc(C=O)cc2c1O[C@@H]1[C@@H](O)[C@H](N(Cc3ccc(Cl)c(Cl)c3)C(=O)c3cc4cccc(OC)c4o3)C=C(C(=O)NCCO)[C@H]21. The maximum Gasteiger partial charge on any atom is 0.290 e. The summed E-state index contributed by atoms with van der Waals surface area (Å²) in [7, 11) is 2.91. The van der Waals surface area contributed by atoms with Crippen LogP contribution < -0.4 is 19.5 Å². The molecule has 2 amide bonds. The zero-order valence-corrected chi connectivity index (χ0v) is 26.7. The van der Waals surface area contributed by atoms with E-state index in [1.807, 2.05) is 0 Å². The van der Waals surface area contributed by atoms with E-state index in [1.165, 1.54) is 31.3 Å². The first-order chi connectivity index (χ1) is 22.7. The smallest absolute Gasteiger partial charge is 0.290 e. The van der Waals surface area contributed by atoms with Crippen LogP contribution >= 0.6 is 23.2 Å². The van der Waals surface area contributed by atoms with Crippen LogP contribution in [0.1, 0.15) is 38.0 Å². The van der Waals surface area contributed by atoms with Crippen LogP contribution in [0.2, 0.25) is 10.0 Å². The van der Waals surface area contributed by atoms with Gasteiger partial charge >= 0.3 is 0 Å². The number of nitrogens with one attached hydrogen (secondary N) is 1. The third kappa shape index (κ3) is 5.91. The van der Waals surface area contributed by atoms with Gasteiger partial charge in [0, 0.05) is 35.2 Å². The number of fused-ring (bicyclic) bond motifs is 4. The Bertz CT molecular complexity index is 1910. The monoisotopic (exact) mass is 680 g/mol. The van der Waals surface area contributed by atoms with Gasteiger partial charge in [-0.25, -0.2) is 0 Å². The minimum atomic E-state index is -1.38. The lowest BCUT2D eigenvalue weighted by Crippen LogP contribution is -2.55. The van der Waals surface area contributed by atoms with Crippen molar-refractivity contribution < 1.29 is 43.2 Å². The molecule has 11 nitrogen and oxygen atoms in total. The van der Waals surface area contributed by atoms with E-state index in [1.54, 1.807) is 48.5 Å². The molecule has 47 heavy (non-hydrogen) atoms. The molecule has 0 radical (unpaired) electrons. The Labute approximate surface area is 279 Å². The van der Waals surface area contributed by atoms with E-state index in [2.05, 4.69) is 5.32 Å². The third-order valence-electron chi connectivity index (χ3n) is 8.31. The van der Waals surface area contributed by atoms with Gasteiger partial charge in [-0.3, -0.25) is 14.4 Å². The molecule has 1 aliphatic heterocycles. The van der Waals surface area contributed by atoms with Gasteiger partial charge in [0.05, 0.1) is 42.8 Å². The van der Waals surface area contributed by atoms with Gasteiger partial charge in [0.15, 0.2) is 28.6 Å².